The Balaban J connectivity index is 1.76. The summed E-state index contributed by atoms with van der Waals surface area (Å²) in [6.45, 7) is 14.2. The van der Waals surface area contributed by atoms with Gasteiger partial charge in [0.2, 0.25) is 0 Å². The fourth-order valence-corrected chi connectivity index (χ4v) is 5.60. The van der Waals surface area contributed by atoms with Crippen LogP contribution in [-0.4, -0.2) is 72.1 Å². The van der Waals surface area contributed by atoms with Crippen LogP contribution in [0.25, 0.3) is 5.76 Å². The molecule has 2 atom stereocenters. The molecule has 0 spiro atoms. The van der Waals surface area contributed by atoms with Crippen molar-refractivity contribution < 1.29 is 28.9 Å². The van der Waals surface area contributed by atoms with E-state index in [2.05, 4.69) is 25.7 Å². The van der Waals surface area contributed by atoms with E-state index in [4.69, 9.17) is 14.2 Å². The molecule has 0 saturated carbocycles. The van der Waals surface area contributed by atoms with Crippen molar-refractivity contribution in [1.82, 2.24) is 9.80 Å². The number of carbonyl (C=O) groups excluding carboxylic acids is 2. The smallest absolute Gasteiger partial charge is 0.295 e. The zero-order valence-corrected chi connectivity index (χ0v) is 25.1. The van der Waals surface area contributed by atoms with Crippen molar-refractivity contribution >= 4 is 17.4 Å². The van der Waals surface area contributed by atoms with Crippen LogP contribution in [0.5, 0.6) is 17.2 Å². The van der Waals surface area contributed by atoms with Crippen LogP contribution in [0.15, 0.2) is 42.0 Å². The topological polar surface area (TPSA) is 88.5 Å². The van der Waals surface area contributed by atoms with Gasteiger partial charge in [-0.1, -0.05) is 33.3 Å². The summed E-state index contributed by atoms with van der Waals surface area (Å²) in [6.07, 6.45) is 3.41. The SMILES string of the molecule is CCCCOc1ccc([C@@H]2/C(=C(\O)c3ccc4c(c3)C[C@H](C)O4)C(=O)C(=O)N2CCCN(CC)CC)cc1OCC. The predicted octanol–water partition coefficient (Wildman–Crippen LogP) is 5.74. The lowest BCUT2D eigenvalue weighted by molar-refractivity contribution is -0.140. The highest BCUT2D eigenvalue weighted by Crippen LogP contribution is 2.43. The molecule has 8 nitrogen and oxygen atoms in total. The standard InChI is InChI=1S/C33H44N2O6/c1-6-10-18-40-27-15-12-23(21-28(27)39-9-4)30-29(31(36)24-13-14-26-25(20-24)19-22(5)41-26)32(37)33(38)35(30)17-11-16-34(7-2)8-3/h12-15,20-22,30,36H,6-11,16-19H2,1-5H3/b31-29+/t22-,30+/m0/s1. The highest BCUT2D eigenvalue weighted by Gasteiger charge is 2.46. The molecule has 2 aliphatic rings. The lowest BCUT2D eigenvalue weighted by atomic mass is 9.94. The van der Waals surface area contributed by atoms with Gasteiger partial charge in [-0.15, -0.1) is 0 Å². The van der Waals surface area contributed by atoms with E-state index in [1.807, 2.05) is 44.2 Å². The average molecular weight is 565 g/mol. The Bertz CT molecular complexity index is 1270. The van der Waals surface area contributed by atoms with Crippen molar-refractivity contribution in [3.8, 4) is 17.2 Å². The summed E-state index contributed by atoms with van der Waals surface area (Å²) in [7, 11) is 0. The molecular weight excluding hydrogens is 520 g/mol. The van der Waals surface area contributed by atoms with E-state index in [9.17, 15) is 14.7 Å². The summed E-state index contributed by atoms with van der Waals surface area (Å²) in [6, 6.07) is 10.2. The van der Waals surface area contributed by atoms with Crippen molar-refractivity contribution in [2.75, 3.05) is 39.4 Å². The number of hydrogen-bond donors (Lipinski definition) is 1. The van der Waals surface area contributed by atoms with E-state index in [1.54, 1.807) is 11.0 Å². The Hall–Kier alpha value is -3.52. The minimum absolute atomic E-state index is 0.0498. The Labute approximate surface area is 243 Å². The summed E-state index contributed by atoms with van der Waals surface area (Å²) >= 11 is 0. The molecule has 41 heavy (non-hydrogen) atoms. The highest BCUT2D eigenvalue weighted by molar-refractivity contribution is 6.46. The summed E-state index contributed by atoms with van der Waals surface area (Å²) in [5.41, 5.74) is 2.25. The summed E-state index contributed by atoms with van der Waals surface area (Å²) in [5, 5.41) is 11.6. The van der Waals surface area contributed by atoms with Gasteiger partial charge in [-0.2, -0.15) is 0 Å². The van der Waals surface area contributed by atoms with E-state index in [-0.39, 0.29) is 17.4 Å². The largest absolute Gasteiger partial charge is 0.507 e. The van der Waals surface area contributed by atoms with Crippen LogP contribution in [0.4, 0.5) is 0 Å². The van der Waals surface area contributed by atoms with Crippen molar-refractivity contribution in [3.05, 3.63) is 58.7 Å². The molecule has 222 valence electrons. The molecule has 1 saturated heterocycles. The molecule has 4 rings (SSSR count). The maximum Gasteiger partial charge on any atom is 0.295 e. The zero-order valence-electron chi connectivity index (χ0n) is 25.1. The maximum absolute atomic E-state index is 13.6. The van der Waals surface area contributed by atoms with Crippen LogP contribution in [0, 0.1) is 0 Å². The number of aliphatic hydroxyl groups excluding tert-OH is 1. The summed E-state index contributed by atoms with van der Waals surface area (Å²) in [5.74, 6) is 0.497. The highest BCUT2D eigenvalue weighted by atomic mass is 16.5. The Kier molecular flexibility index (Phi) is 10.3. The van der Waals surface area contributed by atoms with Gasteiger partial charge >= 0.3 is 0 Å². The molecule has 1 fully saturated rings. The van der Waals surface area contributed by atoms with Crippen LogP contribution < -0.4 is 14.2 Å². The van der Waals surface area contributed by atoms with Gasteiger partial charge in [0.05, 0.1) is 24.8 Å². The molecule has 2 aliphatic heterocycles. The number of likely N-dealkylation sites (tertiary alicyclic amines) is 1. The van der Waals surface area contributed by atoms with E-state index in [0.29, 0.717) is 48.8 Å². The number of unbranched alkanes of at least 4 members (excludes halogenated alkanes) is 1. The number of aliphatic hydroxyl groups is 1. The number of Topliss-reactive ketones (excluding diaryl/α,β-unsaturated/α-hetero) is 1. The van der Waals surface area contributed by atoms with Crippen LogP contribution >= 0.6 is 0 Å². The molecule has 1 N–H and O–H groups in total. The van der Waals surface area contributed by atoms with Gasteiger partial charge < -0.3 is 29.1 Å². The molecule has 2 aromatic rings. The fraction of sp³-hybridized carbons (Fsp3) is 0.515. The number of rotatable bonds is 14. The Morgan fingerprint density at radius 1 is 1.02 bits per heavy atom. The number of nitrogens with zero attached hydrogens (tertiary/aromatic N) is 2. The molecule has 0 bridgehead atoms. The van der Waals surface area contributed by atoms with E-state index < -0.39 is 17.7 Å². The van der Waals surface area contributed by atoms with Crippen LogP contribution in [0.1, 0.15) is 76.6 Å². The second kappa shape index (κ2) is 13.9. The van der Waals surface area contributed by atoms with E-state index in [1.165, 1.54) is 0 Å². The molecule has 0 aliphatic carbocycles. The quantitative estimate of drug-likeness (QED) is 0.135. The van der Waals surface area contributed by atoms with Gasteiger partial charge in [-0.05, 0) is 87.8 Å². The van der Waals surface area contributed by atoms with E-state index >= 15 is 0 Å². The third-order valence-corrected chi connectivity index (χ3v) is 7.82. The minimum atomic E-state index is -0.751. The molecule has 8 heteroatoms. The van der Waals surface area contributed by atoms with Gasteiger partial charge in [-0.25, -0.2) is 0 Å². The molecule has 0 aromatic heterocycles. The summed E-state index contributed by atoms with van der Waals surface area (Å²) < 4.78 is 17.7. The normalized spacial score (nSPS) is 19.5. The number of ether oxygens (including phenoxy) is 3. The van der Waals surface area contributed by atoms with Crippen molar-refractivity contribution in [2.45, 2.75) is 72.4 Å². The van der Waals surface area contributed by atoms with Crippen molar-refractivity contribution in [1.29, 1.82) is 0 Å². The number of fused-ring (bicyclic) bond motifs is 1. The third kappa shape index (κ3) is 6.70. The van der Waals surface area contributed by atoms with Gasteiger partial charge in [-0.3, -0.25) is 9.59 Å². The van der Waals surface area contributed by atoms with Gasteiger partial charge in [0, 0.05) is 18.5 Å². The number of amides is 1. The van der Waals surface area contributed by atoms with Crippen LogP contribution in [0.3, 0.4) is 0 Å². The van der Waals surface area contributed by atoms with Gasteiger partial charge in [0.25, 0.3) is 11.7 Å². The fourth-order valence-electron chi connectivity index (χ4n) is 5.60. The molecular formula is C33H44N2O6. The first-order valence-corrected chi connectivity index (χ1v) is 15.0. The monoisotopic (exact) mass is 564 g/mol. The molecule has 2 heterocycles. The number of benzene rings is 2. The second-order valence-electron chi connectivity index (χ2n) is 10.7. The second-order valence-corrected chi connectivity index (χ2v) is 10.7. The minimum Gasteiger partial charge on any atom is -0.507 e. The Morgan fingerprint density at radius 2 is 1.80 bits per heavy atom. The average Bonchev–Trinajstić information content (AvgIpc) is 3.46. The predicted molar refractivity (Wildman–Crippen MR) is 160 cm³/mol. The number of carbonyl (C=O) groups is 2. The Morgan fingerprint density at radius 3 is 2.51 bits per heavy atom. The first-order valence-electron chi connectivity index (χ1n) is 15.0. The lowest BCUT2D eigenvalue weighted by Gasteiger charge is -2.27. The molecule has 2 aromatic carbocycles. The van der Waals surface area contributed by atoms with Crippen LogP contribution in [-0.2, 0) is 16.0 Å². The maximum atomic E-state index is 13.6. The summed E-state index contributed by atoms with van der Waals surface area (Å²) in [4.78, 5) is 30.9. The number of hydrogen-bond acceptors (Lipinski definition) is 7. The molecule has 0 radical (unpaired) electrons. The zero-order chi connectivity index (χ0) is 29.5. The van der Waals surface area contributed by atoms with Crippen LogP contribution in [0.2, 0.25) is 0 Å². The molecule has 1 amide bonds. The first-order chi connectivity index (χ1) is 19.8. The van der Waals surface area contributed by atoms with Gasteiger partial charge in [0.1, 0.15) is 17.6 Å². The first kappa shape index (κ1) is 30.4. The van der Waals surface area contributed by atoms with Crippen molar-refractivity contribution in [2.24, 2.45) is 0 Å². The van der Waals surface area contributed by atoms with E-state index in [0.717, 1.165) is 50.2 Å². The van der Waals surface area contributed by atoms with Crippen molar-refractivity contribution in [3.63, 3.8) is 0 Å². The molecule has 0 unspecified atom stereocenters. The third-order valence-electron chi connectivity index (χ3n) is 7.82. The van der Waals surface area contributed by atoms with Gasteiger partial charge in [0.15, 0.2) is 11.5 Å². The number of ketones is 1. The lowest BCUT2D eigenvalue weighted by Crippen LogP contribution is -2.33.